The molecule has 0 radical (unpaired) electrons. The Morgan fingerprint density at radius 1 is 1.38 bits per heavy atom. The SMILES string of the molecule is CNC(=O)COc1cccc(OCC2CN2Cc2cnn(C)c2)c1. The van der Waals surface area contributed by atoms with Gasteiger partial charge in [0.05, 0.1) is 12.2 Å². The van der Waals surface area contributed by atoms with Crippen LogP contribution >= 0.6 is 0 Å². The van der Waals surface area contributed by atoms with E-state index in [0.29, 0.717) is 18.4 Å². The number of hydrogen-bond donors (Lipinski definition) is 1. The Morgan fingerprint density at radius 2 is 2.17 bits per heavy atom. The number of benzene rings is 1. The van der Waals surface area contributed by atoms with Crippen LogP contribution in [0.4, 0.5) is 0 Å². The second-order valence-electron chi connectivity index (χ2n) is 5.85. The number of aryl methyl sites for hydroxylation is 1. The molecule has 7 heteroatoms. The van der Waals surface area contributed by atoms with Gasteiger partial charge in [-0.1, -0.05) is 6.07 Å². The summed E-state index contributed by atoms with van der Waals surface area (Å²) in [6.07, 6.45) is 3.92. The summed E-state index contributed by atoms with van der Waals surface area (Å²) >= 11 is 0. The van der Waals surface area contributed by atoms with Gasteiger partial charge < -0.3 is 14.8 Å². The smallest absolute Gasteiger partial charge is 0.257 e. The number of rotatable bonds is 8. The van der Waals surface area contributed by atoms with Gasteiger partial charge in [0.2, 0.25) is 0 Å². The topological polar surface area (TPSA) is 68.4 Å². The summed E-state index contributed by atoms with van der Waals surface area (Å²) in [4.78, 5) is 13.5. The molecule has 2 heterocycles. The molecular formula is C17H22N4O3. The molecule has 7 nitrogen and oxygen atoms in total. The van der Waals surface area contributed by atoms with Crippen molar-refractivity contribution in [3.8, 4) is 11.5 Å². The van der Waals surface area contributed by atoms with Crippen molar-refractivity contribution >= 4 is 5.91 Å². The number of carbonyl (C=O) groups is 1. The van der Waals surface area contributed by atoms with Crippen LogP contribution in [0.3, 0.4) is 0 Å². The van der Waals surface area contributed by atoms with E-state index in [-0.39, 0.29) is 12.5 Å². The minimum Gasteiger partial charge on any atom is -0.492 e. The molecule has 1 aromatic heterocycles. The molecule has 128 valence electrons. The average Bonchev–Trinajstić information content (AvgIpc) is 3.20. The van der Waals surface area contributed by atoms with Crippen LogP contribution in [0.5, 0.6) is 11.5 Å². The lowest BCUT2D eigenvalue weighted by atomic mass is 10.3. The molecule has 2 unspecified atom stereocenters. The summed E-state index contributed by atoms with van der Waals surface area (Å²) in [6, 6.07) is 7.79. The van der Waals surface area contributed by atoms with Gasteiger partial charge in [-0.3, -0.25) is 14.4 Å². The first-order valence-corrected chi connectivity index (χ1v) is 7.92. The predicted molar refractivity (Wildman–Crippen MR) is 88.9 cm³/mol. The van der Waals surface area contributed by atoms with Crippen LogP contribution in [0, 0.1) is 0 Å². The highest BCUT2D eigenvalue weighted by Crippen LogP contribution is 2.24. The van der Waals surface area contributed by atoms with Gasteiger partial charge in [0.25, 0.3) is 5.91 Å². The Balaban J connectivity index is 1.43. The van der Waals surface area contributed by atoms with E-state index in [0.717, 1.165) is 18.8 Å². The third-order valence-electron chi connectivity index (χ3n) is 3.87. The van der Waals surface area contributed by atoms with Crippen molar-refractivity contribution in [3.05, 3.63) is 42.2 Å². The fourth-order valence-corrected chi connectivity index (χ4v) is 2.43. The Kier molecular flexibility index (Phi) is 5.00. The number of likely N-dealkylation sites (N-methyl/N-ethyl adjacent to an activating group) is 1. The number of nitrogens with zero attached hydrogens (tertiary/aromatic N) is 3. The van der Waals surface area contributed by atoms with Crippen LogP contribution < -0.4 is 14.8 Å². The number of amides is 1. The van der Waals surface area contributed by atoms with Crippen LogP contribution in [0.15, 0.2) is 36.7 Å². The zero-order chi connectivity index (χ0) is 16.9. The van der Waals surface area contributed by atoms with Crippen LogP contribution in [-0.4, -0.2) is 53.4 Å². The van der Waals surface area contributed by atoms with Gasteiger partial charge in [0.15, 0.2) is 6.61 Å². The average molecular weight is 330 g/mol. The lowest BCUT2D eigenvalue weighted by Gasteiger charge is -2.09. The lowest BCUT2D eigenvalue weighted by molar-refractivity contribution is -0.122. The van der Waals surface area contributed by atoms with E-state index < -0.39 is 0 Å². The third-order valence-corrected chi connectivity index (χ3v) is 3.87. The number of aromatic nitrogens is 2. The molecule has 1 aliphatic rings. The molecule has 3 rings (SSSR count). The van der Waals surface area contributed by atoms with Crippen molar-refractivity contribution in [2.75, 3.05) is 26.8 Å². The Hall–Kier alpha value is -2.54. The van der Waals surface area contributed by atoms with Gasteiger partial charge in [-0.2, -0.15) is 5.10 Å². The molecule has 0 spiro atoms. The van der Waals surface area contributed by atoms with Crippen molar-refractivity contribution in [2.45, 2.75) is 12.6 Å². The Labute approximate surface area is 141 Å². The molecule has 1 saturated heterocycles. The second kappa shape index (κ2) is 7.35. The summed E-state index contributed by atoms with van der Waals surface area (Å²) in [5.74, 6) is 1.21. The van der Waals surface area contributed by atoms with E-state index in [1.54, 1.807) is 13.1 Å². The van der Waals surface area contributed by atoms with E-state index in [9.17, 15) is 4.79 Å². The van der Waals surface area contributed by atoms with Gasteiger partial charge in [0.1, 0.15) is 18.1 Å². The summed E-state index contributed by atoms with van der Waals surface area (Å²) in [5, 5.41) is 6.70. The van der Waals surface area contributed by atoms with Gasteiger partial charge >= 0.3 is 0 Å². The van der Waals surface area contributed by atoms with E-state index in [4.69, 9.17) is 9.47 Å². The maximum atomic E-state index is 11.2. The van der Waals surface area contributed by atoms with Gasteiger partial charge in [-0.25, -0.2) is 0 Å². The van der Waals surface area contributed by atoms with Crippen LogP contribution in [0.2, 0.25) is 0 Å². The molecule has 1 N–H and O–H groups in total. The number of nitrogens with one attached hydrogen (secondary N) is 1. The highest BCUT2D eigenvalue weighted by molar-refractivity contribution is 5.77. The molecule has 2 atom stereocenters. The summed E-state index contributed by atoms with van der Waals surface area (Å²) in [5.41, 5.74) is 1.21. The van der Waals surface area contributed by atoms with Gasteiger partial charge in [-0.05, 0) is 12.1 Å². The lowest BCUT2D eigenvalue weighted by Crippen LogP contribution is -2.24. The Bertz CT molecular complexity index is 701. The second-order valence-corrected chi connectivity index (χ2v) is 5.85. The summed E-state index contributed by atoms with van der Waals surface area (Å²) in [6.45, 7) is 2.57. The van der Waals surface area contributed by atoms with Crippen molar-refractivity contribution in [3.63, 3.8) is 0 Å². The first-order chi connectivity index (χ1) is 11.6. The van der Waals surface area contributed by atoms with E-state index in [2.05, 4.69) is 15.3 Å². The molecule has 0 bridgehead atoms. The predicted octanol–water partition coefficient (Wildman–Crippen LogP) is 0.808. The number of hydrogen-bond acceptors (Lipinski definition) is 5. The van der Waals surface area contributed by atoms with Gasteiger partial charge in [-0.15, -0.1) is 0 Å². The van der Waals surface area contributed by atoms with E-state index >= 15 is 0 Å². The Morgan fingerprint density at radius 3 is 2.88 bits per heavy atom. The van der Waals surface area contributed by atoms with Crippen molar-refractivity contribution in [1.29, 1.82) is 0 Å². The quantitative estimate of drug-likeness (QED) is 0.726. The molecule has 0 aliphatic carbocycles. The molecule has 1 fully saturated rings. The minimum absolute atomic E-state index is 0.00146. The zero-order valence-electron chi connectivity index (χ0n) is 13.9. The zero-order valence-corrected chi connectivity index (χ0v) is 13.9. The maximum absolute atomic E-state index is 11.2. The molecule has 2 aromatic rings. The fraction of sp³-hybridized carbons (Fsp3) is 0.412. The first kappa shape index (κ1) is 16.3. The number of carbonyl (C=O) groups excluding carboxylic acids is 1. The highest BCUT2D eigenvalue weighted by Gasteiger charge is 2.34. The number of ether oxygens (including phenoxy) is 2. The van der Waals surface area contributed by atoms with Gasteiger partial charge in [0, 0.05) is 45.0 Å². The fourth-order valence-electron chi connectivity index (χ4n) is 2.43. The molecular weight excluding hydrogens is 308 g/mol. The van der Waals surface area contributed by atoms with Crippen molar-refractivity contribution in [2.24, 2.45) is 7.05 Å². The normalized spacial score (nSPS) is 18.9. The molecule has 0 saturated carbocycles. The van der Waals surface area contributed by atoms with Crippen LogP contribution in [-0.2, 0) is 18.4 Å². The largest absolute Gasteiger partial charge is 0.492 e. The molecule has 1 amide bonds. The molecule has 1 aliphatic heterocycles. The maximum Gasteiger partial charge on any atom is 0.257 e. The summed E-state index contributed by atoms with van der Waals surface area (Å²) in [7, 11) is 3.50. The standard InChI is InChI=1S/C17H22N4O3/c1-18-17(22)12-24-16-5-3-4-15(6-16)23-11-14-10-21(14)9-13-7-19-20(2)8-13/h3-8,14H,9-12H2,1-2H3,(H,18,22). The third kappa shape index (κ3) is 4.48. The monoisotopic (exact) mass is 330 g/mol. The van der Waals surface area contributed by atoms with E-state index in [1.807, 2.05) is 42.3 Å². The first-order valence-electron chi connectivity index (χ1n) is 7.92. The minimum atomic E-state index is -0.162. The molecule has 1 aromatic carbocycles. The highest BCUT2D eigenvalue weighted by atomic mass is 16.5. The van der Waals surface area contributed by atoms with Crippen LogP contribution in [0.25, 0.3) is 0 Å². The van der Waals surface area contributed by atoms with Crippen LogP contribution in [0.1, 0.15) is 5.56 Å². The summed E-state index contributed by atoms with van der Waals surface area (Å²) < 4.78 is 13.1. The molecule has 24 heavy (non-hydrogen) atoms. The van der Waals surface area contributed by atoms with E-state index in [1.165, 1.54) is 5.56 Å². The van der Waals surface area contributed by atoms with Crippen molar-refractivity contribution in [1.82, 2.24) is 20.0 Å². The van der Waals surface area contributed by atoms with Crippen molar-refractivity contribution < 1.29 is 14.3 Å².